The summed E-state index contributed by atoms with van der Waals surface area (Å²) in [5, 5.41) is 0. The second-order valence-corrected chi connectivity index (χ2v) is 5.53. The molecule has 0 amide bonds. The SMILES string of the molecule is CCCn1c(-c2ccccc2)c(N)c(=O)n1CC(C)C. The highest BCUT2D eigenvalue weighted by atomic mass is 16.1. The predicted molar refractivity (Wildman–Crippen MR) is 83.7 cm³/mol. The van der Waals surface area contributed by atoms with Crippen molar-refractivity contribution in [3.8, 4) is 11.3 Å². The van der Waals surface area contributed by atoms with Crippen LogP contribution < -0.4 is 11.3 Å². The molecule has 0 unspecified atom stereocenters. The van der Waals surface area contributed by atoms with E-state index in [9.17, 15) is 4.79 Å². The molecule has 0 bridgehead atoms. The van der Waals surface area contributed by atoms with Crippen molar-refractivity contribution in [1.29, 1.82) is 0 Å². The first-order valence-corrected chi connectivity index (χ1v) is 7.20. The van der Waals surface area contributed by atoms with Crippen LogP contribution in [0.1, 0.15) is 27.2 Å². The van der Waals surface area contributed by atoms with Crippen LogP contribution in [-0.4, -0.2) is 9.36 Å². The first-order chi connectivity index (χ1) is 9.56. The summed E-state index contributed by atoms with van der Waals surface area (Å²) in [6.45, 7) is 7.80. The molecule has 1 aromatic carbocycles. The van der Waals surface area contributed by atoms with E-state index in [0.717, 1.165) is 24.2 Å². The van der Waals surface area contributed by atoms with Gasteiger partial charge in [0.1, 0.15) is 5.69 Å². The van der Waals surface area contributed by atoms with E-state index < -0.39 is 0 Å². The van der Waals surface area contributed by atoms with Gasteiger partial charge in [-0.15, -0.1) is 0 Å². The number of rotatable bonds is 5. The number of hydrogen-bond donors (Lipinski definition) is 1. The molecule has 0 radical (unpaired) electrons. The Morgan fingerprint density at radius 2 is 1.80 bits per heavy atom. The van der Waals surface area contributed by atoms with Gasteiger partial charge in [-0.25, -0.2) is 4.68 Å². The highest BCUT2D eigenvalue weighted by Crippen LogP contribution is 2.24. The summed E-state index contributed by atoms with van der Waals surface area (Å²) in [5.74, 6) is 0.404. The van der Waals surface area contributed by atoms with Crippen molar-refractivity contribution in [2.24, 2.45) is 5.92 Å². The van der Waals surface area contributed by atoms with E-state index in [4.69, 9.17) is 5.73 Å². The molecule has 1 aromatic heterocycles. The van der Waals surface area contributed by atoms with Gasteiger partial charge in [-0.2, -0.15) is 0 Å². The minimum Gasteiger partial charge on any atom is -0.392 e. The van der Waals surface area contributed by atoms with Gasteiger partial charge in [0.15, 0.2) is 0 Å². The normalized spacial score (nSPS) is 11.2. The Bertz CT molecular complexity index is 623. The van der Waals surface area contributed by atoms with Crippen LogP contribution in [-0.2, 0) is 13.1 Å². The molecule has 2 aromatic rings. The molecule has 0 spiro atoms. The molecule has 0 atom stereocenters. The minimum absolute atomic E-state index is 0.0778. The fraction of sp³-hybridized carbons (Fsp3) is 0.438. The number of nitrogen functional groups attached to an aromatic ring is 1. The van der Waals surface area contributed by atoms with Crippen LogP contribution >= 0.6 is 0 Å². The quantitative estimate of drug-likeness (QED) is 0.910. The maximum atomic E-state index is 12.4. The Morgan fingerprint density at radius 1 is 1.15 bits per heavy atom. The molecule has 0 aliphatic heterocycles. The summed E-state index contributed by atoms with van der Waals surface area (Å²) in [5.41, 5.74) is 8.21. The van der Waals surface area contributed by atoms with Gasteiger partial charge in [-0.3, -0.25) is 9.48 Å². The topological polar surface area (TPSA) is 52.9 Å². The van der Waals surface area contributed by atoms with Gasteiger partial charge in [-0.05, 0) is 12.3 Å². The maximum absolute atomic E-state index is 12.4. The molecule has 0 saturated carbocycles. The lowest BCUT2D eigenvalue weighted by Crippen LogP contribution is -2.26. The molecule has 108 valence electrons. The van der Waals surface area contributed by atoms with E-state index in [1.807, 2.05) is 35.0 Å². The Hall–Kier alpha value is -1.97. The van der Waals surface area contributed by atoms with Gasteiger partial charge < -0.3 is 5.73 Å². The first-order valence-electron chi connectivity index (χ1n) is 7.20. The van der Waals surface area contributed by atoms with E-state index in [0.29, 0.717) is 18.2 Å². The van der Waals surface area contributed by atoms with Gasteiger partial charge in [0, 0.05) is 18.7 Å². The van der Waals surface area contributed by atoms with Crippen molar-refractivity contribution in [2.75, 3.05) is 5.73 Å². The number of benzene rings is 1. The van der Waals surface area contributed by atoms with Crippen molar-refractivity contribution in [2.45, 2.75) is 40.3 Å². The maximum Gasteiger partial charge on any atom is 0.290 e. The van der Waals surface area contributed by atoms with E-state index >= 15 is 0 Å². The van der Waals surface area contributed by atoms with Crippen LogP contribution in [0.3, 0.4) is 0 Å². The van der Waals surface area contributed by atoms with Crippen LogP contribution in [0.2, 0.25) is 0 Å². The summed E-state index contributed by atoms with van der Waals surface area (Å²) in [6, 6.07) is 9.89. The van der Waals surface area contributed by atoms with Crippen molar-refractivity contribution in [3.63, 3.8) is 0 Å². The van der Waals surface area contributed by atoms with Crippen molar-refractivity contribution in [1.82, 2.24) is 9.36 Å². The summed E-state index contributed by atoms with van der Waals surface area (Å²) in [4.78, 5) is 12.4. The highest BCUT2D eigenvalue weighted by molar-refractivity contribution is 5.72. The average molecular weight is 273 g/mol. The second kappa shape index (κ2) is 5.99. The fourth-order valence-electron chi connectivity index (χ4n) is 2.48. The number of hydrogen-bond acceptors (Lipinski definition) is 2. The molecular formula is C16H23N3O. The smallest absolute Gasteiger partial charge is 0.290 e. The molecule has 1 heterocycles. The molecule has 0 saturated heterocycles. The van der Waals surface area contributed by atoms with Crippen molar-refractivity contribution < 1.29 is 0 Å². The van der Waals surface area contributed by atoms with Gasteiger partial charge in [-0.1, -0.05) is 51.1 Å². The summed E-state index contributed by atoms with van der Waals surface area (Å²) >= 11 is 0. The standard InChI is InChI=1S/C16H23N3O/c1-4-10-18-15(13-8-6-5-7-9-13)14(17)16(20)19(18)11-12(2)3/h5-9,12H,4,10-11,17H2,1-3H3. The van der Waals surface area contributed by atoms with Crippen LogP contribution in [0.4, 0.5) is 5.69 Å². The number of nitrogens with zero attached hydrogens (tertiary/aromatic N) is 2. The molecule has 20 heavy (non-hydrogen) atoms. The Balaban J connectivity index is 2.64. The molecule has 2 N–H and O–H groups in total. The van der Waals surface area contributed by atoms with Gasteiger partial charge >= 0.3 is 0 Å². The first kappa shape index (κ1) is 14.4. The number of aromatic nitrogens is 2. The van der Waals surface area contributed by atoms with Crippen LogP contribution in [0.5, 0.6) is 0 Å². The Labute approximate surface area is 119 Å². The number of nitrogens with two attached hydrogens (primary N) is 1. The lowest BCUT2D eigenvalue weighted by atomic mass is 10.1. The lowest BCUT2D eigenvalue weighted by Gasteiger charge is -2.15. The minimum atomic E-state index is -0.0778. The third-order valence-electron chi connectivity index (χ3n) is 3.29. The molecule has 0 aliphatic carbocycles. The van der Waals surface area contributed by atoms with Crippen LogP contribution in [0.15, 0.2) is 35.1 Å². The molecule has 4 nitrogen and oxygen atoms in total. The summed E-state index contributed by atoms with van der Waals surface area (Å²) in [7, 11) is 0. The fourth-order valence-corrected chi connectivity index (χ4v) is 2.48. The molecule has 0 fully saturated rings. The molecule has 4 heteroatoms. The summed E-state index contributed by atoms with van der Waals surface area (Å²) < 4.78 is 3.82. The Kier molecular flexibility index (Phi) is 4.32. The zero-order valence-corrected chi connectivity index (χ0v) is 12.5. The Morgan fingerprint density at radius 3 is 2.35 bits per heavy atom. The van der Waals surface area contributed by atoms with Gasteiger partial charge in [0.2, 0.25) is 0 Å². The third-order valence-corrected chi connectivity index (χ3v) is 3.29. The van der Waals surface area contributed by atoms with Crippen molar-refractivity contribution in [3.05, 3.63) is 40.7 Å². The average Bonchev–Trinajstić information content (AvgIpc) is 2.65. The lowest BCUT2D eigenvalue weighted by molar-refractivity contribution is 0.389. The van der Waals surface area contributed by atoms with Crippen LogP contribution in [0, 0.1) is 5.92 Å². The zero-order chi connectivity index (χ0) is 14.7. The third kappa shape index (κ3) is 2.64. The number of anilines is 1. The van der Waals surface area contributed by atoms with Crippen molar-refractivity contribution >= 4 is 5.69 Å². The molecule has 0 aliphatic rings. The van der Waals surface area contributed by atoms with E-state index in [1.165, 1.54) is 0 Å². The molecule has 2 rings (SSSR count). The zero-order valence-electron chi connectivity index (χ0n) is 12.5. The van der Waals surface area contributed by atoms with Gasteiger partial charge in [0.05, 0.1) is 5.69 Å². The molecular weight excluding hydrogens is 250 g/mol. The largest absolute Gasteiger partial charge is 0.392 e. The second-order valence-electron chi connectivity index (χ2n) is 5.53. The monoisotopic (exact) mass is 273 g/mol. The predicted octanol–water partition coefficient (Wildman–Crippen LogP) is 2.97. The van der Waals surface area contributed by atoms with E-state index in [2.05, 4.69) is 20.8 Å². The summed E-state index contributed by atoms with van der Waals surface area (Å²) in [6.07, 6.45) is 0.964. The van der Waals surface area contributed by atoms with E-state index in [1.54, 1.807) is 4.68 Å². The van der Waals surface area contributed by atoms with E-state index in [-0.39, 0.29) is 5.56 Å². The highest BCUT2D eigenvalue weighted by Gasteiger charge is 2.18. The van der Waals surface area contributed by atoms with Gasteiger partial charge in [0.25, 0.3) is 5.56 Å². The van der Waals surface area contributed by atoms with Crippen LogP contribution in [0.25, 0.3) is 11.3 Å².